The summed E-state index contributed by atoms with van der Waals surface area (Å²) in [5.74, 6) is 1.41. The molecule has 0 atom stereocenters. The van der Waals surface area contributed by atoms with Crippen LogP contribution in [0.25, 0.3) is 0 Å². The highest BCUT2D eigenvalue weighted by Gasteiger charge is 2.30. The minimum absolute atomic E-state index is 0.00545. The molecular weight excluding hydrogens is 441 g/mol. The highest BCUT2D eigenvalue weighted by molar-refractivity contribution is 7.89. The molecule has 0 saturated carbocycles. The van der Waals surface area contributed by atoms with E-state index in [1.54, 1.807) is 30.9 Å². The molecule has 10 nitrogen and oxygen atoms in total. The molecule has 2 aromatic rings. The maximum Gasteiger partial charge on any atom is 0.422 e. The fourth-order valence-corrected chi connectivity index (χ4v) is 3.96. The number of anilines is 2. The molecule has 14 heteroatoms. The highest BCUT2D eigenvalue weighted by Crippen LogP contribution is 2.21. The van der Waals surface area contributed by atoms with Crippen molar-refractivity contribution in [2.45, 2.75) is 26.6 Å². The van der Waals surface area contributed by atoms with Crippen LogP contribution in [-0.2, 0) is 16.6 Å². The van der Waals surface area contributed by atoms with E-state index in [9.17, 15) is 21.6 Å². The first-order valence-electron chi connectivity index (χ1n) is 9.53. The van der Waals surface area contributed by atoms with Crippen molar-refractivity contribution in [1.29, 1.82) is 0 Å². The number of furan rings is 1. The number of sulfonamides is 1. The summed E-state index contributed by atoms with van der Waals surface area (Å²) in [7, 11) is -3.32. The van der Waals surface area contributed by atoms with E-state index in [1.165, 1.54) is 4.31 Å². The average molecular weight is 464 g/mol. The van der Waals surface area contributed by atoms with Crippen LogP contribution in [0, 0.1) is 6.92 Å². The van der Waals surface area contributed by atoms with Crippen LogP contribution in [0.3, 0.4) is 0 Å². The fourth-order valence-electron chi connectivity index (χ4n) is 2.87. The zero-order valence-corrected chi connectivity index (χ0v) is 17.8. The number of piperazine rings is 1. The normalized spacial score (nSPS) is 15.8. The van der Waals surface area contributed by atoms with E-state index >= 15 is 0 Å². The van der Waals surface area contributed by atoms with Crippen molar-refractivity contribution in [3.05, 3.63) is 23.7 Å². The molecule has 2 aromatic heterocycles. The van der Waals surface area contributed by atoms with Crippen LogP contribution in [0.2, 0.25) is 0 Å². The summed E-state index contributed by atoms with van der Waals surface area (Å²) in [4.78, 5) is 13.8. The van der Waals surface area contributed by atoms with Crippen molar-refractivity contribution in [3.63, 3.8) is 0 Å². The van der Waals surface area contributed by atoms with Gasteiger partial charge in [0.1, 0.15) is 11.5 Å². The number of nitrogens with one attached hydrogen (secondary N) is 1. The molecule has 3 rings (SSSR count). The predicted molar refractivity (Wildman–Crippen MR) is 105 cm³/mol. The van der Waals surface area contributed by atoms with Gasteiger partial charge in [0.05, 0.1) is 12.3 Å². The highest BCUT2D eigenvalue weighted by atomic mass is 32.2. The first-order chi connectivity index (χ1) is 14.6. The largest absolute Gasteiger partial charge is 0.465 e. The Kier molecular flexibility index (Phi) is 6.89. The SMILES string of the molecule is CCS(=O)(=O)N1CCN(c2nc(NCc3ccc(C)o3)nc(OCC(F)(F)F)n2)CC1. The molecule has 0 spiro atoms. The van der Waals surface area contributed by atoms with Crippen molar-refractivity contribution in [1.82, 2.24) is 19.3 Å². The second-order valence-corrected chi connectivity index (χ2v) is 9.06. The van der Waals surface area contributed by atoms with Gasteiger partial charge in [0.15, 0.2) is 6.61 Å². The fraction of sp³-hybridized carbons (Fsp3) is 0.588. The summed E-state index contributed by atoms with van der Waals surface area (Å²) in [5.41, 5.74) is 0. The molecular formula is C17H23F3N6O4S. The average Bonchev–Trinajstić information content (AvgIpc) is 3.15. The summed E-state index contributed by atoms with van der Waals surface area (Å²) >= 11 is 0. The van der Waals surface area contributed by atoms with E-state index < -0.39 is 28.8 Å². The van der Waals surface area contributed by atoms with E-state index in [-0.39, 0.29) is 50.4 Å². The molecule has 3 heterocycles. The first kappa shape index (κ1) is 23.1. The number of hydrogen-bond acceptors (Lipinski definition) is 9. The quantitative estimate of drug-likeness (QED) is 0.625. The number of aromatic nitrogens is 3. The van der Waals surface area contributed by atoms with Crippen LogP contribution in [0.15, 0.2) is 16.5 Å². The minimum Gasteiger partial charge on any atom is -0.465 e. The molecule has 1 fully saturated rings. The zero-order valence-electron chi connectivity index (χ0n) is 17.0. The van der Waals surface area contributed by atoms with Crippen LogP contribution in [0.4, 0.5) is 25.1 Å². The molecule has 0 aliphatic carbocycles. The molecule has 31 heavy (non-hydrogen) atoms. The van der Waals surface area contributed by atoms with Crippen LogP contribution >= 0.6 is 0 Å². The molecule has 0 aromatic carbocycles. The van der Waals surface area contributed by atoms with Gasteiger partial charge in [-0.05, 0) is 26.0 Å². The molecule has 0 amide bonds. The standard InChI is InChI=1S/C17H23F3N6O4S/c1-3-31(27,28)26-8-6-25(7-9-26)15-22-14(21-10-13-5-4-12(2)30-13)23-16(24-15)29-11-17(18,19)20/h4-5H,3,6-11H2,1-2H3,(H,21,22,23,24). The van der Waals surface area contributed by atoms with E-state index in [1.807, 2.05) is 0 Å². The lowest BCUT2D eigenvalue weighted by Crippen LogP contribution is -2.49. The van der Waals surface area contributed by atoms with Gasteiger partial charge in [0.2, 0.25) is 21.9 Å². The molecule has 172 valence electrons. The van der Waals surface area contributed by atoms with Crippen LogP contribution in [0.1, 0.15) is 18.4 Å². The maximum atomic E-state index is 12.6. The Morgan fingerprint density at radius 1 is 1.16 bits per heavy atom. The summed E-state index contributed by atoms with van der Waals surface area (Å²) in [6.45, 7) is 3.00. The minimum atomic E-state index is -4.55. The van der Waals surface area contributed by atoms with E-state index in [0.717, 1.165) is 0 Å². The molecule has 0 radical (unpaired) electrons. The lowest BCUT2D eigenvalue weighted by atomic mass is 10.4. The number of rotatable bonds is 8. The second-order valence-electron chi connectivity index (χ2n) is 6.80. The van der Waals surface area contributed by atoms with Crippen LogP contribution in [0.5, 0.6) is 6.01 Å². The van der Waals surface area contributed by atoms with Crippen molar-refractivity contribution in [2.75, 3.05) is 48.8 Å². The van der Waals surface area contributed by atoms with Crippen molar-refractivity contribution in [2.24, 2.45) is 0 Å². The Morgan fingerprint density at radius 3 is 2.45 bits per heavy atom. The molecule has 1 saturated heterocycles. The Labute approximate surface area is 177 Å². The van der Waals surface area contributed by atoms with Gasteiger partial charge in [-0.1, -0.05) is 0 Å². The Bertz CT molecular complexity index is 990. The topological polar surface area (TPSA) is 114 Å². The summed E-state index contributed by atoms with van der Waals surface area (Å²) in [6.07, 6.45) is -4.55. The zero-order chi connectivity index (χ0) is 22.6. The second kappa shape index (κ2) is 9.26. The van der Waals surface area contributed by atoms with Gasteiger partial charge >= 0.3 is 12.2 Å². The molecule has 1 aliphatic rings. The summed E-state index contributed by atoms with van der Waals surface area (Å²) in [5, 5.41) is 2.88. The summed E-state index contributed by atoms with van der Waals surface area (Å²) in [6, 6.07) is 3.04. The molecule has 0 unspecified atom stereocenters. The van der Waals surface area contributed by atoms with E-state index in [4.69, 9.17) is 9.15 Å². The lowest BCUT2D eigenvalue weighted by Gasteiger charge is -2.33. The molecule has 1 N–H and O–H groups in total. The van der Waals surface area contributed by atoms with Crippen LogP contribution < -0.4 is 15.0 Å². The smallest absolute Gasteiger partial charge is 0.422 e. The summed E-state index contributed by atoms with van der Waals surface area (Å²) < 4.78 is 73.2. The van der Waals surface area contributed by atoms with Crippen molar-refractivity contribution >= 4 is 21.9 Å². The lowest BCUT2D eigenvalue weighted by molar-refractivity contribution is -0.154. The van der Waals surface area contributed by atoms with Gasteiger partial charge in [-0.3, -0.25) is 0 Å². The third-order valence-corrected chi connectivity index (χ3v) is 6.35. The third-order valence-electron chi connectivity index (χ3n) is 4.46. The monoisotopic (exact) mass is 464 g/mol. The Hall–Kier alpha value is -2.61. The van der Waals surface area contributed by atoms with Gasteiger partial charge in [0, 0.05) is 26.2 Å². The molecule has 0 bridgehead atoms. The third kappa shape index (κ3) is 6.43. The van der Waals surface area contributed by atoms with Gasteiger partial charge in [-0.25, -0.2) is 8.42 Å². The van der Waals surface area contributed by atoms with Crippen molar-refractivity contribution < 1.29 is 30.7 Å². The Morgan fingerprint density at radius 2 is 1.87 bits per heavy atom. The first-order valence-corrected chi connectivity index (χ1v) is 11.1. The van der Waals surface area contributed by atoms with Crippen LogP contribution in [-0.4, -0.2) is 72.4 Å². The number of ether oxygens (including phenoxy) is 1. The number of aryl methyl sites for hydroxylation is 1. The molecule has 1 aliphatic heterocycles. The van der Waals surface area contributed by atoms with Gasteiger partial charge < -0.3 is 19.4 Å². The number of halogens is 3. The predicted octanol–water partition coefficient (Wildman–Crippen LogP) is 1.80. The van der Waals surface area contributed by atoms with Crippen molar-refractivity contribution in [3.8, 4) is 6.01 Å². The van der Waals surface area contributed by atoms with Gasteiger partial charge in [-0.2, -0.15) is 32.4 Å². The van der Waals surface area contributed by atoms with E-state index in [0.29, 0.717) is 11.5 Å². The van der Waals surface area contributed by atoms with E-state index in [2.05, 4.69) is 20.3 Å². The number of nitrogens with zero attached hydrogens (tertiary/aromatic N) is 5. The maximum absolute atomic E-state index is 12.6. The number of hydrogen-bond donors (Lipinski definition) is 1. The number of alkyl halides is 3. The van der Waals surface area contributed by atoms with Gasteiger partial charge in [-0.15, -0.1) is 0 Å². The van der Waals surface area contributed by atoms with Gasteiger partial charge in [0.25, 0.3) is 0 Å². The Balaban J connectivity index is 1.76.